The van der Waals surface area contributed by atoms with Gasteiger partial charge in [0.1, 0.15) is 12.3 Å². The second kappa shape index (κ2) is 13.1. The van der Waals surface area contributed by atoms with Crippen LogP contribution >= 0.6 is 0 Å². The molecule has 3 amide bonds. The Hall–Kier alpha value is -3.40. The van der Waals surface area contributed by atoms with Crippen molar-refractivity contribution in [2.75, 3.05) is 13.1 Å². The number of hydrogen-bond donors (Lipinski definition) is 4. The SMILES string of the molecule is CC(C)CC(NC(=O)O)C(=O)NC(CCc1ccccc1)C(O)c1nc(C(=O)N2CCCCC2)co1. The summed E-state index contributed by atoms with van der Waals surface area (Å²) in [6.45, 7) is 5.10. The summed E-state index contributed by atoms with van der Waals surface area (Å²) in [6, 6.07) is 7.80. The Morgan fingerprint density at radius 1 is 1.08 bits per heavy atom. The zero-order valence-corrected chi connectivity index (χ0v) is 20.9. The van der Waals surface area contributed by atoms with Gasteiger partial charge in [-0.05, 0) is 50.0 Å². The average molecular weight is 501 g/mol. The maximum absolute atomic E-state index is 13.0. The molecular weight excluding hydrogens is 464 g/mol. The van der Waals surface area contributed by atoms with Crippen molar-refractivity contribution in [2.24, 2.45) is 5.92 Å². The molecule has 3 rings (SSSR count). The topological polar surface area (TPSA) is 145 Å². The standard InChI is InChI=1S/C26H36N4O6/c1-17(2)15-20(29-26(34)35)23(32)27-19(12-11-18-9-5-3-6-10-18)22(31)24-28-21(16-36-24)25(33)30-13-7-4-8-14-30/h3,5-6,9-10,16-17,19-20,22,29,31H,4,7-8,11-15H2,1-2H3,(H,27,32)(H,34,35). The van der Waals surface area contributed by atoms with Crippen LogP contribution < -0.4 is 10.6 Å². The van der Waals surface area contributed by atoms with E-state index in [1.165, 1.54) is 6.26 Å². The first-order valence-corrected chi connectivity index (χ1v) is 12.5. The smallest absolute Gasteiger partial charge is 0.405 e. The van der Waals surface area contributed by atoms with Crippen molar-refractivity contribution in [1.29, 1.82) is 0 Å². The summed E-state index contributed by atoms with van der Waals surface area (Å²) in [5.41, 5.74) is 1.13. The number of rotatable bonds is 11. The van der Waals surface area contributed by atoms with Crippen molar-refractivity contribution < 1.29 is 29.0 Å². The highest BCUT2D eigenvalue weighted by molar-refractivity contribution is 5.92. The van der Waals surface area contributed by atoms with Crippen LogP contribution in [0.15, 0.2) is 41.0 Å². The lowest BCUT2D eigenvalue weighted by molar-refractivity contribution is -0.125. The van der Waals surface area contributed by atoms with Crippen molar-refractivity contribution >= 4 is 17.9 Å². The van der Waals surface area contributed by atoms with Crippen LogP contribution in [0.4, 0.5) is 4.79 Å². The van der Waals surface area contributed by atoms with Crippen molar-refractivity contribution in [3.63, 3.8) is 0 Å². The Kier molecular flexibility index (Phi) is 9.86. The fourth-order valence-electron chi connectivity index (χ4n) is 4.36. The van der Waals surface area contributed by atoms with E-state index in [0.29, 0.717) is 32.4 Å². The normalized spacial score (nSPS) is 16.3. The summed E-state index contributed by atoms with van der Waals surface area (Å²) in [6.07, 6.45) is 2.76. The van der Waals surface area contributed by atoms with E-state index >= 15 is 0 Å². The second-order valence-corrected chi connectivity index (χ2v) is 9.64. The van der Waals surface area contributed by atoms with Gasteiger partial charge in [0.2, 0.25) is 11.8 Å². The first-order valence-electron chi connectivity index (χ1n) is 12.5. The molecule has 0 aliphatic carbocycles. The van der Waals surface area contributed by atoms with Crippen molar-refractivity contribution in [1.82, 2.24) is 20.5 Å². The molecule has 2 aromatic rings. The Labute approximate surface area is 211 Å². The molecule has 3 atom stereocenters. The van der Waals surface area contributed by atoms with Crippen LogP contribution in [0.25, 0.3) is 0 Å². The van der Waals surface area contributed by atoms with Crippen molar-refractivity contribution in [3.8, 4) is 0 Å². The van der Waals surface area contributed by atoms with E-state index in [9.17, 15) is 24.6 Å². The Morgan fingerprint density at radius 3 is 2.42 bits per heavy atom. The van der Waals surface area contributed by atoms with Gasteiger partial charge in [0.05, 0.1) is 6.04 Å². The number of carbonyl (C=O) groups is 3. The molecule has 0 radical (unpaired) electrons. The number of oxazole rings is 1. The number of aliphatic hydroxyl groups excluding tert-OH is 1. The molecule has 1 aromatic heterocycles. The number of nitrogens with zero attached hydrogens (tertiary/aromatic N) is 2. The summed E-state index contributed by atoms with van der Waals surface area (Å²) in [7, 11) is 0. The van der Waals surface area contributed by atoms with Crippen LogP contribution in [0.3, 0.4) is 0 Å². The lowest BCUT2D eigenvalue weighted by atomic mass is 9.99. The summed E-state index contributed by atoms with van der Waals surface area (Å²) in [5, 5.41) is 25.4. The van der Waals surface area contributed by atoms with Gasteiger partial charge in [-0.3, -0.25) is 9.59 Å². The van der Waals surface area contributed by atoms with E-state index in [1.807, 2.05) is 44.2 Å². The first-order chi connectivity index (χ1) is 17.2. The van der Waals surface area contributed by atoms with Crippen LogP contribution in [0.5, 0.6) is 0 Å². The predicted molar refractivity (Wildman–Crippen MR) is 132 cm³/mol. The Bertz CT molecular complexity index is 1000. The molecule has 196 valence electrons. The highest BCUT2D eigenvalue weighted by Gasteiger charge is 2.31. The minimum Gasteiger partial charge on any atom is -0.465 e. The van der Waals surface area contributed by atoms with Gasteiger partial charge in [-0.25, -0.2) is 9.78 Å². The average Bonchev–Trinajstić information content (AvgIpc) is 3.36. The molecule has 36 heavy (non-hydrogen) atoms. The molecule has 2 heterocycles. The van der Waals surface area contributed by atoms with Crippen molar-refractivity contribution in [2.45, 2.75) is 70.6 Å². The molecule has 3 unspecified atom stereocenters. The summed E-state index contributed by atoms with van der Waals surface area (Å²) in [4.78, 5) is 43.0. The number of carboxylic acid groups (broad SMARTS) is 1. The third-order valence-electron chi connectivity index (χ3n) is 6.25. The number of aliphatic hydroxyl groups is 1. The van der Waals surface area contributed by atoms with E-state index in [2.05, 4.69) is 15.6 Å². The zero-order chi connectivity index (χ0) is 26.1. The highest BCUT2D eigenvalue weighted by atomic mass is 16.4. The molecule has 1 aromatic carbocycles. The first kappa shape index (κ1) is 27.2. The summed E-state index contributed by atoms with van der Waals surface area (Å²) in [5.74, 6) is -0.792. The van der Waals surface area contributed by atoms with Gasteiger partial charge in [-0.15, -0.1) is 0 Å². The van der Waals surface area contributed by atoms with E-state index in [0.717, 1.165) is 24.8 Å². The number of nitrogens with one attached hydrogen (secondary N) is 2. The zero-order valence-electron chi connectivity index (χ0n) is 20.9. The fraction of sp³-hybridized carbons (Fsp3) is 0.538. The molecule has 0 saturated carbocycles. The van der Waals surface area contributed by atoms with Crippen LogP contribution in [-0.4, -0.2) is 63.2 Å². The van der Waals surface area contributed by atoms with E-state index in [4.69, 9.17) is 4.42 Å². The van der Waals surface area contributed by atoms with Gasteiger partial charge in [-0.2, -0.15) is 0 Å². The number of aromatic nitrogens is 1. The van der Waals surface area contributed by atoms with Gasteiger partial charge in [0.25, 0.3) is 5.91 Å². The monoisotopic (exact) mass is 500 g/mol. The molecular formula is C26H36N4O6. The van der Waals surface area contributed by atoms with Crippen LogP contribution in [-0.2, 0) is 11.2 Å². The van der Waals surface area contributed by atoms with Crippen molar-refractivity contribution in [3.05, 3.63) is 53.7 Å². The van der Waals surface area contributed by atoms with Gasteiger partial charge in [0.15, 0.2) is 11.8 Å². The predicted octanol–water partition coefficient (Wildman–Crippen LogP) is 3.13. The highest BCUT2D eigenvalue weighted by Crippen LogP contribution is 2.22. The minimum atomic E-state index is -1.33. The number of amides is 3. The molecule has 4 N–H and O–H groups in total. The number of piperidine rings is 1. The number of carbonyl (C=O) groups excluding carboxylic acids is 2. The number of hydrogen-bond acceptors (Lipinski definition) is 6. The number of benzene rings is 1. The molecule has 0 bridgehead atoms. The summed E-state index contributed by atoms with van der Waals surface area (Å²) < 4.78 is 5.47. The van der Waals surface area contributed by atoms with Gasteiger partial charge in [0, 0.05) is 13.1 Å². The Morgan fingerprint density at radius 2 is 1.78 bits per heavy atom. The molecule has 1 aliphatic heterocycles. The van der Waals surface area contributed by atoms with Gasteiger partial charge in [-0.1, -0.05) is 44.2 Å². The number of aryl methyl sites for hydroxylation is 1. The van der Waals surface area contributed by atoms with Crippen LogP contribution in [0, 0.1) is 5.92 Å². The molecule has 1 saturated heterocycles. The molecule has 1 aliphatic rings. The van der Waals surface area contributed by atoms with E-state index < -0.39 is 30.2 Å². The second-order valence-electron chi connectivity index (χ2n) is 9.64. The maximum atomic E-state index is 13.0. The molecule has 10 heteroatoms. The lowest BCUT2D eigenvalue weighted by Gasteiger charge is -2.26. The van der Waals surface area contributed by atoms with Crippen LogP contribution in [0.1, 0.15) is 74.0 Å². The quantitative estimate of drug-likeness (QED) is 0.371. The molecule has 10 nitrogen and oxygen atoms in total. The summed E-state index contributed by atoms with van der Waals surface area (Å²) >= 11 is 0. The van der Waals surface area contributed by atoms with Gasteiger partial charge < -0.3 is 30.2 Å². The van der Waals surface area contributed by atoms with E-state index in [-0.39, 0.29) is 23.4 Å². The maximum Gasteiger partial charge on any atom is 0.405 e. The molecule has 1 fully saturated rings. The van der Waals surface area contributed by atoms with E-state index in [1.54, 1.807) is 4.90 Å². The van der Waals surface area contributed by atoms with Gasteiger partial charge >= 0.3 is 6.09 Å². The minimum absolute atomic E-state index is 0.0652. The third-order valence-corrected chi connectivity index (χ3v) is 6.25. The third kappa shape index (κ3) is 7.81. The number of likely N-dealkylation sites (tertiary alicyclic amines) is 1. The van der Waals surface area contributed by atoms with Crippen LogP contribution in [0.2, 0.25) is 0 Å². The molecule has 0 spiro atoms. The fourth-order valence-corrected chi connectivity index (χ4v) is 4.36. The largest absolute Gasteiger partial charge is 0.465 e. The Balaban J connectivity index is 1.76. The lowest BCUT2D eigenvalue weighted by Crippen LogP contribution is -2.51.